The highest BCUT2D eigenvalue weighted by Crippen LogP contribution is 2.37. The molecule has 0 fully saturated rings. The predicted molar refractivity (Wildman–Crippen MR) is 83.1 cm³/mol. The van der Waals surface area contributed by atoms with E-state index in [0.29, 0.717) is 16.9 Å². The molecule has 2 nitrogen and oxygen atoms in total. The number of allylic oxidation sites excluding steroid dienone is 1. The normalized spacial score (nSPS) is 12.6. The fourth-order valence-electron chi connectivity index (χ4n) is 2.23. The number of alkyl halides is 3. The molecule has 0 saturated carbocycles. The molecule has 0 N–H and O–H groups in total. The first-order valence-electron chi connectivity index (χ1n) is 7.11. The first kappa shape index (κ1) is 16.9. The van der Waals surface area contributed by atoms with Crippen molar-refractivity contribution in [2.24, 2.45) is 0 Å². The average Bonchev–Trinajstić information content (AvgIpc) is 2.55. The van der Waals surface area contributed by atoms with Crippen LogP contribution in [0.3, 0.4) is 0 Å². The molecule has 2 rings (SSSR count). The van der Waals surface area contributed by atoms with Gasteiger partial charge in [-0.3, -0.25) is 0 Å². The SMILES string of the molecule is CCO/C(=C(\c1ccccc1)c1ccc(OC)cc1)C(F)(F)F. The molecule has 0 aliphatic carbocycles. The molecule has 0 atom stereocenters. The van der Waals surface area contributed by atoms with Crippen LogP contribution in [0, 0.1) is 0 Å². The van der Waals surface area contributed by atoms with Gasteiger partial charge in [0.2, 0.25) is 5.76 Å². The Morgan fingerprint density at radius 2 is 1.48 bits per heavy atom. The molecule has 0 heterocycles. The molecule has 0 radical (unpaired) electrons. The monoisotopic (exact) mass is 322 g/mol. The summed E-state index contributed by atoms with van der Waals surface area (Å²) in [4.78, 5) is 0. The highest BCUT2D eigenvalue weighted by molar-refractivity contribution is 5.82. The maximum absolute atomic E-state index is 13.5. The van der Waals surface area contributed by atoms with Crippen molar-refractivity contribution in [2.75, 3.05) is 13.7 Å². The van der Waals surface area contributed by atoms with Crippen molar-refractivity contribution in [1.29, 1.82) is 0 Å². The second-order valence-electron chi connectivity index (χ2n) is 4.73. The van der Waals surface area contributed by atoms with Crippen LogP contribution >= 0.6 is 0 Å². The number of hydrogen-bond acceptors (Lipinski definition) is 2. The smallest absolute Gasteiger partial charge is 0.449 e. The Morgan fingerprint density at radius 1 is 0.913 bits per heavy atom. The number of hydrogen-bond donors (Lipinski definition) is 0. The van der Waals surface area contributed by atoms with Crippen LogP contribution in [0.15, 0.2) is 60.4 Å². The fraction of sp³-hybridized carbons (Fsp3) is 0.222. The summed E-state index contributed by atoms with van der Waals surface area (Å²) < 4.78 is 50.4. The van der Waals surface area contributed by atoms with Gasteiger partial charge in [-0.25, -0.2) is 0 Å². The van der Waals surface area contributed by atoms with E-state index in [1.807, 2.05) is 0 Å². The molecule has 23 heavy (non-hydrogen) atoms. The fourth-order valence-corrected chi connectivity index (χ4v) is 2.23. The number of benzene rings is 2. The van der Waals surface area contributed by atoms with E-state index in [0.717, 1.165) is 0 Å². The molecule has 122 valence electrons. The van der Waals surface area contributed by atoms with Crippen LogP contribution < -0.4 is 4.74 Å². The third-order valence-corrected chi connectivity index (χ3v) is 3.21. The van der Waals surface area contributed by atoms with Crippen LogP contribution in [-0.2, 0) is 4.74 Å². The maximum atomic E-state index is 13.5. The zero-order valence-corrected chi connectivity index (χ0v) is 12.9. The molecule has 2 aromatic rings. The Morgan fingerprint density at radius 3 is 1.96 bits per heavy atom. The molecule has 0 aromatic heterocycles. The minimum atomic E-state index is -4.58. The third kappa shape index (κ3) is 4.06. The summed E-state index contributed by atoms with van der Waals surface area (Å²) in [5, 5.41) is 0. The summed E-state index contributed by atoms with van der Waals surface area (Å²) in [6.45, 7) is 1.46. The maximum Gasteiger partial charge on any atom is 0.449 e. The Hall–Kier alpha value is -2.43. The van der Waals surface area contributed by atoms with Gasteiger partial charge in [0.25, 0.3) is 0 Å². The number of halogens is 3. The minimum absolute atomic E-state index is 0.0163. The number of rotatable bonds is 5. The minimum Gasteiger partial charge on any atom is -0.497 e. The highest BCUT2D eigenvalue weighted by atomic mass is 19.4. The Bertz CT molecular complexity index is 659. The summed E-state index contributed by atoms with van der Waals surface area (Å²) in [7, 11) is 1.50. The van der Waals surface area contributed by atoms with Gasteiger partial charge in [-0.15, -0.1) is 0 Å². The van der Waals surface area contributed by atoms with E-state index < -0.39 is 11.9 Å². The van der Waals surface area contributed by atoms with Gasteiger partial charge in [-0.05, 0) is 30.2 Å². The number of methoxy groups -OCH3 is 1. The lowest BCUT2D eigenvalue weighted by Crippen LogP contribution is -2.17. The van der Waals surface area contributed by atoms with Crippen LogP contribution in [-0.4, -0.2) is 19.9 Å². The molecule has 5 heteroatoms. The van der Waals surface area contributed by atoms with Crippen LogP contribution in [0.5, 0.6) is 5.75 Å². The average molecular weight is 322 g/mol. The summed E-state index contributed by atoms with van der Waals surface area (Å²) >= 11 is 0. The van der Waals surface area contributed by atoms with Crippen LogP contribution in [0.1, 0.15) is 18.1 Å². The third-order valence-electron chi connectivity index (χ3n) is 3.21. The van der Waals surface area contributed by atoms with Gasteiger partial charge in [0, 0.05) is 5.57 Å². The Balaban J connectivity index is 2.68. The molecular formula is C18H17F3O2. The van der Waals surface area contributed by atoms with Crippen molar-refractivity contribution in [3.63, 3.8) is 0 Å². The standard InChI is InChI=1S/C18H17F3O2/c1-3-23-17(18(19,20)21)16(13-7-5-4-6-8-13)14-9-11-15(22-2)12-10-14/h4-12H,3H2,1-2H3/b17-16+. The zero-order chi connectivity index (χ0) is 16.9. The quantitative estimate of drug-likeness (QED) is 0.717. The van der Waals surface area contributed by atoms with Crippen LogP contribution in [0.4, 0.5) is 13.2 Å². The zero-order valence-electron chi connectivity index (χ0n) is 12.9. The van der Waals surface area contributed by atoms with Gasteiger partial charge in [0.05, 0.1) is 13.7 Å². The summed E-state index contributed by atoms with van der Waals surface area (Å²) in [6.07, 6.45) is -4.58. The molecule has 0 aliphatic rings. The lowest BCUT2D eigenvalue weighted by Gasteiger charge is -2.19. The molecule has 0 aliphatic heterocycles. The van der Waals surface area contributed by atoms with Crippen molar-refractivity contribution in [2.45, 2.75) is 13.1 Å². The van der Waals surface area contributed by atoms with E-state index in [-0.39, 0.29) is 12.2 Å². The van der Waals surface area contributed by atoms with E-state index in [1.165, 1.54) is 14.0 Å². The van der Waals surface area contributed by atoms with Gasteiger partial charge in [-0.1, -0.05) is 42.5 Å². The number of ether oxygens (including phenoxy) is 2. The lowest BCUT2D eigenvalue weighted by molar-refractivity contribution is -0.128. The van der Waals surface area contributed by atoms with Gasteiger partial charge >= 0.3 is 6.18 Å². The van der Waals surface area contributed by atoms with Gasteiger partial charge in [-0.2, -0.15) is 13.2 Å². The lowest BCUT2D eigenvalue weighted by atomic mass is 9.96. The first-order valence-corrected chi connectivity index (χ1v) is 7.11. The van der Waals surface area contributed by atoms with Gasteiger partial charge in [0.15, 0.2) is 0 Å². The molecule has 2 aromatic carbocycles. The summed E-state index contributed by atoms with van der Waals surface area (Å²) in [5.74, 6) is -0.414. The molecular weight excluding hydrogens is 305 g/mol. The van der Waals surface area contributed by atoms with Gasteiger partial charge < -0.3 is 9.47 Å². The van der Waals surface area contributed by atoms with Crippen molar-refractivity contribution in [1.82, 2.24) is 0 Å². The van der Waals surface area contributed by atoms with E-state index in [4.69, 9.17) is 9.47 Å². The Labute approximate surface area is 133 Å². The first-order chi connectivity index (χ1) is 11.0. The molecule has 0 saturated heterocycles. The molecule has 0 bridgehead atoms. The van der Waals surface area contributed by atoms with Crippen molar-refractivity contribution < 1.29 is 22.6 Å². The Kier molecular flexibility index (Phi) is 5.32. The van der Waals surface area contributed by atoms with Gasteiger partial charge in [0.1, 0.15) is 5.75 Å². The van der Waals surface area contributed by atoms with E-state index in [2.05, 4.69) is 0 Å². The van der Waals surface area contributed by atoms with Crippen molar-refractivity contribution in [3.8, 4) is 5.75 Å². The second-order valence-corrected chi connectivity index (χ2v) is 4.73. The van der Waals surface area contributed by atoms with E-state index in [1.54, 1.807) is 54.6 Å². The summed E-state index contributed by atoms with van der Waals surface area (Å²) in [6, 6.07) is 14.8. The van der Waals surface area contributed by atoms with Crippen LogP contribution in [0.25, 0.3) is 5.57 Å². The molecule has 0 spiro atoms. The van der Waals surface area contributed by atoms with Crippen molar-refractivity contribution in [3.05, 3.63) is 71.5 Å². The van der Waals surface area contributed by atoms with Crippen LogP contribution in [0.2, 0.25) is 0 Å². The van der Waals surface area contributed by atoms with E-state index in [9.17, 15) is 13.2 Å². The predicted octanol–water partition coefficient (Wildman–Crippen LogP) is 5.05. The largest absolute Gasteiger partial charge is 0.497 e. The summed E-state index contributed by atoms with van der Waals surface area (Å²) in [5.41, 5.74) is 0.874. The molecule has 0 amide bonds. The topological polar surface area (TPSA) is 18.5 Å². The van der Waals surface area contributed by atoms with Crippen molar-refractivity contribution >= 4 is 5.57 Å². The highest BCUT2D eigenvalue weighted by Gasteiger charge is 2.39. The second kappa shape index (κ2) is 7.22. The van der Waals surface area contributed by atoms with E-state index >= 15 is 0 Å². The molecule has 0 unspecified atom stereocenters.